The van der Waals surface area contributed by atoms with Gasteiger partial charge < -0.3 is 4.74 Å². The fourth-order valence-corrected chi connectivity index (χ4v) is 2.12. The lowest BCUT2D eigenvalue weighted by molar-refractivity contribution is -0.0443. The van der Waals surface area contributed by atoms with Crippen LogP contribution in [-0.2, 0) is 4.74 Å². The molecular weight excluding hydrogens is 230 g/mol. The molecule has 0 N–H and O–H groups in total. The summed E-state index contributed by atoms with van der Waals surface area (Å²) >= 11 is 0. The number of hydrogen-bond donors (Lipinski definition) is 0. The van der Waals surface area contributed by atoms with E-state index < -0.39 is 0 Å². The van der Waals surface area contributed by atoms with Gasteiger partial charge in [0.2, 0.25) is 0 Å². The molecule has 5 nitrogen and oxygen atoms in total. The predicted molar refractivity (Wildman–Crippen MR) is 67.6 cm³/mol. The minimum atomic E-state index is -0.139. The Balaban J connectivity index is 2.20. The van der Waals surface area contributed by atoms with Gasteiger partial charge in [-0.2, -0.15) is 0 Å². The second kappa shape index (κ2) is 5.54. The van der Waals surface area contributed by atoms with E-state index in [1.807, 2.05) is 6.92 Å². The van der Waals surface area contributed by atoms with Crippen LogP contribution in [0.5, 0.6) is 0 Å². The molecule has 1 fully saturated rings. The van der Waals surface area contributed by atoms with Gasteiger partial charge in [-0.3, -0.25) is 9.69 Å². The van der Waals surface area contributed by atoms with Crippen LogP contribution in [0.4, 0.5) is 0 Å². The molecule has 0 saturated carbocycles. The number of aldehydes is 1. The Kier molecular flexibility index (Phi) is 4.04. The first kappa shape index (κ1) is 13.1. The topological polar surface area (TPSA) is 55.3 Å². The average molecular weight is 249 g/mol. The Hall–Kier alpha value is -1.33. The number of aryl methyl sites for hydroxylation is 1. The van der Waals surface area contributed by atoms with Crippen LogP contribution in [-0.4, -0.2) is 46.9 Å². The zero-order valence-corrected chi connectivity index (χ0v) is 11.1. The molecule has 1 aliphatic rings. The highest BCUT2D eigenvalue weighted by Crippen LogP contribution is 2.20. The van der Waals surface area contributed by atoms with Crippen molar-refractivity contribution < 1.29 is 9.53 Å². The summed E-state index contributed by atoms with van der Waals surface area (Å²) in [5.41, 5.74) is 1.22. The summed E-state index contributed by atoms with van der Waals surface area (Å²) in [5, 5.41) is 0. The Morgan fingerprint density at radius 3 is 2.94 bits per heavy atom. The van der Waals surface area contributed by atoms with E-state index in [1.54, 1.807) is 6.07 Å². The van der Waals surface area contributed by atoms with E-state index in [2.05, 4.69) is 28.7 Å². The average Bonchev–Trinajstić information content (AvgIpc) is 2.38. The van der Waals surface area contributed by atoms with E-state index in [-0.39, 0.29) is 6.10 Å². The first-order chi connectivity index (χ1) is 8.60. The predicted octanol–water partition coefficient (Wildman–Crippen LogP) is 1.38. The lowest BCUT2D eigenvalue weighted by Gasteiger charge is -2.34. The molecule has 2 heterocycles. The molecular formula is C13H19N3O2. The number of nitrogens with zero attached hydrogens (tertiary/aromatic N) is 3. The van der Waals surface area contributed by atoms with Gasteiger partial charge in [0, 0.05) is 24.8 Å². The number of carbonyl (C=O) groups excluding carboxylic acids is 1. The van der Waals surface area contributed by atoms with E-state index >= 15 is 0 Å². The molecule has 98 valence electrons. The lowest BCUT2D eigenvalue weighted by atomic mass is 10.2. The van der Waals surface area contributed by atoms with Crippen molar-refractivity contribution in [2.45, 2.75) is 32.9 Å². The SMILES string of the molecule is Cc1cc(C=O)nc(C2CN(C(C)C)CCO2)n1. The normalized spacial score (nSPS) is 21.2. The standard InChI is InChI=1S/C13H19N3O2/c1-9(2)16-4-5-18-12(7-16)13-14-10(3)6-11(8-17)15-13/h6,8-9,12H,4-5,7H2,1-3H3. The Morgan fingerprint density at radius 2 is 2.28 bits per heavy atom. The van der Waals surface area contributed by atoms with Gasteiger partial charge in [0.15, 0.2) is 12.1 Å². The molecule has 5 heteroatoms. The molecule has 1 aromatic rings. The monoisotopic (exact) mass is 249 g/mol. The molecule has 2 rings (SSSR count). The molecule has 1 saturated heterocycles. The molecule has 0 aliphatic carbocycles. The maximum atomic E-state index is 10.8. The van der Waals surface area contributed by atoms with Gasteiger partial charge in [0.1, 0.15) is 11.8 Å². The van der Waals surface area contributed by atoms with E-state index in [4.69, 9.17) is 4.74 Å². The lowest BCUT2D eigenvalue weighted by Crippen LogP contribution is -2.42. The van der Waals surface area contributed by atoms with Crippen molar-refractivity contribution in [3.63, 3.8) is 0 Å². The van der Waals surface area contributed by atoms with Gasteiger partial charge in [-0.1, -0.05) is 0 Å². The minimum Gasteiger partial charge on any atom is -0.368 e. The highest BCUT2D eigenvalue weighted by molar-refractivity contribution is 5.71. The number of aromatic nitrogens is 2. The van der Waals surface area contributed by atoms with E-state index in [0.29, 0.717) is 24.2 Å². The van der Waals surface area contributed by atoms with Gasteiger partial charge in [0.25, 0.3) is 0 Å². The summed E-state index contributed by atoms with van der Waals surface area (Å²) in [7, 11) is 0. The van der Waals surface area contributed by atoms with Crippen LogP contribution < -0.4 is 0 Å². The first-order valence-corrected chi connectivity index (χ1v) is 6.26. The van der Waals surface area contributed by atoms with Crippen LogP contribution in [0, 0.1) is 6.92 Å². The molecule has 0 spiro atoms. The van der Waals surface area contributed by atoms with E-state index in [1.165, 1.54) is 0 Å². The number of rotatable bonds is 3. The molecule has 1 aromatic heterocycles. The summed E-state index contributed by atoms with van der Waals surface area (Å²) in [6.07, 6.45) is 0.612. The maximum absolute atomic E-state index is 10.8. The molecule has 0 amide bonds. The second-order valence-electron chi connectivity index (χ2n) is 4.86. The van der Waals surface area contributed by atoms with Crippen molar-refractivity contribution >= 4 is 6.29 Å². The highest BCUT2D eigenvalue weighted by Gasteiger charge is 2.25. The van der Waals surface area contributed by atoms with Crippen molar-refractivity contribution in [2.75, 3.05) is 19.7 Å². The Bertz CT molecular complexity index is 434. The van der Waals surface area contributed by atoms with Crippen molar-refractivity contribution in [3.05, 3.63) is 23.3 Å². The third-order valence-electron chi connectivity index (χ3n) is 3.13. The van der Waals surface area contributed by atoms with Crippen LogP contribution in [0.3, 0.4) is 0 Å². The van der Waals surface area contributed by atoms with Crippen LogP contribution in [0.1, 0.15) is 42.0 Å². The van der Waals surface area contributed by atoms with Crippen LogP contribution >= 0.6 is 0 Å². The van der Waals surface area contributed by atoms with Crippen LogP contribution in [0.25, 0.3) is 0 Å². The zero-order chi connectivity index (χ0) is 13.1. The number of morpholine rings is 1. The van der Waals surface area contributed by atoms with Gasteiger partial charge in [-0.05, 0) is 26.8 Å². The summed E-state index contributed by atoms with van der Waals surface area (Å²) in [4.78, 5) is 21.8. The quantitative estimate of drug-likeness (QED) is 0.757. The summed E-state index contributed by atoms with van der Waals surface area (Å²) < 4.78 is 5.72. The maximum Gasteiger partial charge on any atom is 0.168 e. The fourth-order valence-electron chi connectivity index (χ4n) is 2.12. The van der Waals surface area contributed by atoms with Crippen LogP contribution in [0.2, 0.25) is 0 Å². The molecule has 1 unspecified atom stereocenters. The third-order valence-corrected chi connectivity index (χ3v) is 3.13. The van der Waals surface area contributed by atoms with Crippen LogP contribution in [0.15, 0.2) is 6.07 Å². The number of carbonyl (C=O) groups is 1. The smallest absolute Gasteiger partial charge is 0.168 e. The highest BCUT2D eigenvalue weighted by atomic mass is 16.5. The van der Waals surface area contributed by atoms with Crippen molar-refractivity contribution in [2.24, 2.45) is 0 Å². The molecule has 1 aliphatic heterocycles. The van der Waals surface area contributed by atoms with Crippen molar-refractivity contribution in [1.82, 2.24) is 14.9 Å². The summed E-state index contributed by atoms with van der Waals surface area (Å²) in [6.45, 7) is 8.57. The molecule has 0 bridgehead atoms. The number of ether oxygens (including phenoxy) is 1. The largest absolute Gasteiger partial charge is 0.368 e. The number of hydrogen-bond acceptors (Lipinski definition) is 5. The molecule has 1 atom stereocenters. The van der Waals surface area contributed by atoms with E-state index in [9.17, 15) is 4.79 Å². The zero-order valence-electron chi connectivity index (χ0n) is 11.1. The van der Waals surface area contributed by atoms with Gasteiger partial charge in [-0.15, -0.1) is 0 Å². The first-order valence-electron chi connectivity index (χ1n) is 6.26. The third kappa shape index (κ3) is 2.91. The van der Waals surface area contributed by atoms with Gasteiger partial charge in [0.05, 0.1) is 6.61 Å². The van der Waals surface area contributed by atoms with Crippen molar-refractivity contribution in [1.29, 1.82) is 0 Å². The van der Waals surface area contributed by atoms with Gasteiger partial charge >= 0.3 is 0 Å². The van der Waals surface area contributed by atoms with Crippen molar-refractivity contribution in [3.8, 4) is 0 Å². The molecule has 18 heavy (non-hydrogen) atoms. The fraction of sp³-hybridized carbons (Fsp3) is 0.615. The summed E-state index contributed by atoms with van der Waals surface area (Å²) in [5.74, 6) is 0.613. The summed E-state index contributed by atoms with van der Waals surface area (Å²) in [6, 6.07) is 2.16. The second-order valence-corrected chi connectivity index (χ2v) is 4.86. The van der Waals surface area contributed by atoms with E-state index in [0.717, 1.165) is 25.1 Å². The Labute approximate surface area is 107 Å². The molecule has 0 radical (unpaired) electrons. The van der Waals surface area contributed by atoms with Gasteiger partial charge in [-0.25, -0.2) is 9.97 Å². The molecule has 0 aromatic carbocycles. The Morgan fingerprint density at radius 1 is 1.50 bits per heavy atom. The minimum absolute atomic E-state index is 0.139.